The standard InChI is InChI=1S/C17H23N7O2/c1-3-21(2)16(25)15-10-20-24(12-15)17(26)23-6-4-22(5-7-23)11-14-8-18-13-19-9-14/h8-10,12-13H,3-7,11H2,1-2H3. The number of hydrogen-bond donors (Lipinski definition) is 0. The third kappa shape index (κ3) is 4.05. The summed E-state index contributed by atoms with van der Waals surface area (Å²) in [4.78, 5) is 38.4. The van der Waals surface area contributed by atoms with Crippen molar-refractivity contribution in [3.63, 3.8) is 0 Å². The molecule has 9 nitrogen and oxygen atoms in total. The highest BCUT2D eigenvalue weighted by atomic mass is 16.2. The van der Waals surface area contributed by atoms with Gasteiger partial charge in [0.2, 0.25) is 0 Å². The smallest absolute Gasteiger partial charge is 0.342 e. The molecule has 9 heteroatoms. The van der Waals surface area contributed by atoms with Gasteiger partial charge in [0.15, 0.2) is 0 Å². The lowest BCUT2D eigenvalue weighted by atomic mass is 10.2. The molecule has 26 heavy (non-hydrogen) atoms. The van der Waals surface area contributed by atoms with E-state index in [0.717, 1.165) is 25.2 Å². The Labute approximate surface area is 152 Å². The molecule has 0 saturated carbocycles. The minimum Gasteiger partial charge on any atom is -0.342 e. The molecular formula is C17H23N7O2. The summed E-state index contributed by atoms with van der Waals surface area (Å²) >= 11 is 0. The summed E-state index contributed by atoms with van der Waals surface area (Å²) in [5.74, 6) is -0.138. The number of hydrogen-bond acceptors (Lipinski definition) is 6. The summed E-state index contributed by atoms with van der Waals surface area (Å²) in [6, 6.07) is -0.203. The van der Waals surface area contributed by atoms with Gasteiger partial charge in [-0.1, -0.05) is 0 Å². The van der Waals surface area contributed by atoms with Crippen LogP contribution in [0.1, 0.15) is 22.8 Å². The largest absolute Gasteiger partial charge is 0.344 e. The Morgan fingerprint density at radius 3 is 2.46 bits per heavy atom. The molecule has 0 atom stereocenters. The second-order valence-electron chi connectivity index (χ2n) is 6.29. The van der Waals surface area contributed by atoms with E-state index in [0.29, 0.717) is 25.2 Å². The molecule has 0 spiro atoms. The molecule has 2 amide bonds. The van der Waals surface area contributed by atoms with Crippen molar-refractivity contribution in [2.24, 2.45) is 0 Å². The molecule has 0 aliphatic carbocycles. The first-order chi connectivity index (χ1) is 12.6. The number of nitrogens with zero attached hydrogens (tertiary/aromatic N) is 7. The van der Waals surface area contributed by atoms with Gasteiger partial charge in [0.1, 0.15) is 6.33 Å². The van der Waals surface area contributed by atoms with E-state index in [2.05, 4.69) is 20.0 Å². The topological polar surface area (TPSA) is 87.5 Å². The molecule has 0 unspecified atom stereocenters. The van der Waals surface area contributed by atoms with Gasteiger partial charge in [-0.15, -0.1) is 0 Å². The normalized spacial score (nSPS) is 15.1. The summed E-state index contributed by atoms with van der Waals surface area (Å²) in [6.07, 6.45) is 8.07. The van der Waals surface area contributed by atoms with Gasteiger partial charge in [-0.25, -0.2) is 14.8 Å². The zero-order chi connectivity index (χ0) is 18.5. The lowest BCUT2D eigenvalue weighted by Gasteiger charge is -2.34. The second-order valence-corrected chi connectivity index (χ2v) is 6.29. The van der Waals surface area contributed by atoms with Gasteiger partial charge in [-0.3, -0.25) is 9.69 Å². The van der Waals surface area contributed by atoms with E-state index in [-0.39, 0.29) is 11.9 Å². The molecular weight excluding hydrogens is 334 g/mol. The molecule has 2 aromatic heterocycles. The quantitative estimate of drug-likeness (QED) is 0.794. The molecule has 1 aliphatic heterocycles. The highest BCUT2D eigenvalue weighted by molar-refractivity contribution is 5.94. The van der Waals surface area contributed by atoms with Crippen molar-refractivity contribution >= 4 is 11.9 Å². The van der Waals surface area contributed by atoms with Gasteiger partial charge < -0.3 is 9.80 Å². The van der Waals surface area contributed by atoms with E-state index in [1.54, 1.807) is 29.2 Å². The van der Waals surface area contributed by atoms with Gasteiger partial charge in [0.25, 0.3) is 5.91 Å². The van der Waals surface area contributed by atoms with Crippen molar-refractivity contribution < 1.29 is 9.59 Å². The SMILES string of the molecule is CCN(C)C(=O)c1cnn(C(=O)N2CCN(Cc3cncnc3)CC2)c1. The van der Waals surface area contributed by atoms with Crippen molar-refractivity contribution in [3.05, 3.63) is 42.2 Å². The Morgan fingerprint density at radius 2 is 1.81 bits per heavy atom. The summed E-state index contributed by atoms with van der Waals surface area (Å²) in [5.41, 5.74) is 1.48. The fourth-order valence-corrected chi connectivity index (χ4v) is 2.81. The molecule has 1 saturated heterocycles. The average molecular weight is 357 g/mol. The van der Waals surface area contributed by atoms with Gasteiger partial charge >= 0.3 is 6.03 Å². The van der Waals surface area contributed by atoms with Gasteiger partial charge in [0, 0.05) is 70.5 Å². The predicted molar refractivity (Wildman–Crippen MR) is 94.5 cm³/mol. The first-order valence-electron chi connectivity index (χ1n) is 8.64. The summed E-state index contributed by atoms with van der Waals surface area (Å²) in [7, 11) is 1.72. The zero-order valence-electron chi connectivity index (χ0n) is 15.1. The minimum absolute atomic E-state index is 0.138. The van der Waals surface area contributed by atoms with E-state index in [1.807, 2.05) is 6.92 Å². The van der Waals surface area contributed by atoms with Crippen molar-refractivity contribution in [1.29, 1.82) is 0 Å². The molecule has 3 heterocycles. The summed E-state index contributed by atoms with van der Waals surface area (Å²) < 4.78 is 1.25. The third-order valence-corrected chi connectivity index (χ3v) is 4.51. The van der Waals surface area contributed by atoms with E-state index in [4.69, 9.17) is 0 Å². The van der Waals surface area contributed by atoms with Crippen LogP contribution in [0.15, 0.2) is 31.1 Å². The number of amides is 2. The Balaban J connectivity index is 1.55. The van der Waals surface area contributed by atoms with Gasteiger partial charge in [-0.05, 0) is 6.92 Å². The fourth-order valence-electron chi connectivity index (χ4n) is 2.81. The van der Waals surface area contributed by atoms with Crippen LogP contribution in [0.2, 0.25) is 0 Å². The molecule has 1 aliphatic rings. The molecule has 2 aromatic rings. The van der Waals surface area contributed by atoms with Crippen LogP contribution in [-0.2, 0) is 6.54 Å². The van der Waals surface area contributed by atoms with E-state index in [9.17, 15) is 9.59 Å². The third-order valence-electron chi connectivity index (χ3n) is 4.51. The number of aromatic nitrogens is 4. The maximum absolute atomic E-state index is 12.6. The number of piperazine rings is 1. The maximum atomic E-state index is 12.6. The van der Waals surface area contributed by atoms with Crippen LogP contribution in [-0.4, -0.2) is 86.2 Å². The van der Waals surface area contributed by atoms with Crippen molar-refractivity contribution in [3.8, 4) is 0 Å². The van der Waals surface area contributed by atoms with E-state index in [1.165, 1.54) is 23.4 Å². The zero-order valence-corrected chi connectivity index (χ0v) is 15.1. The van der Waals surface area contributed by atoms with Crippen molar-refractivity contribution in [2.45, 2.75) is 13.5 Å². The summed E-state index contributed by atoms with van der Waals surface area (Å²) in [5, 5.41) is 4.06. The highest BCUT2D eigenvalue weighted by Crippen LogP contribution is 2.09. The molecule has 0 bridgehead atoms. The van der Waals surface area contributed by atoms with Crippen LogP contribution in [0, 0.1) is 0 Å². The van der Waals surface area contributed by atoms with Crippen LogP contribution in [0.4, 0.5) is 4.79 Å². The molecule has 0 radical (unpaired) electrons. The van der Waals surface area contributed by atoms with Crippen LogP contribution in [0.3, 0.4) is 0 Å². The molecule has 138 valence electrons. The van der Waals surface area contributed by atoms with E-state index < -0.39 is 0 Å². The first kappa shape index (κ1) is 18.0. The second kappa shape index (κ2) is 8.05. The Bertz CT molecular complexity index is 753. The van der Waals surface area contributed by atoms with E-state index >= 15 is 0 Å². The fraction of sp³-hybridized carbons (Fsp3) is 0.471. The Kier molecular flexibility index (Phi) is 5.57. The summed E-state index contributed by atoms with van der Waals surface area (Å²) in [6.45, 7) is 6.04. The van der Waals surface area contributed by atoms with Crippen molar-refractivity contribution in [2.75, 3.05) is 39.8 Å². The molecule has 0 N–H and O–H groups in total. The number of carbonyl (C=O) groups excluding carboxylic acids is 2. The number of rotatable bonds is 4. The molecule has 1 fully saturated rings. The van der Waals surface area contributed by atoms with Crippen LogP contribution in [0.25, 0.3) is 0 Å². The molecule has 0 aromatic carbocycles. The highest BCUT2D eigenvalue weighted by Gasteiger charge is 2.24. The minimum atomic E-state index is -0.203. The Morgan fingerprint density at radius 1 is 1.12 bits per heavy atom. The van der Waals surface area contributed by atoms with Gasteiger partial charge in [-0.2, -0.15) is 9.78 Å². The maximum Gasteiger partial charge on any atom is 0.344 e. The number of carbonyl (C=O) groups is 2. The van der Waals surface area contributed by atoms with Crippen LogP contribution in [0.5, 0.6) is 0 Å². The molecule has 3 rings (SSSR count). The Hall–Kier alpha value is -2.81. The monoisotopic (exact) mass is 357 g/mol. The van der Waals surface area contributed by atoms with Crippen LogP contribution >= 0.6 is 0 Å². The lowest BCUT2D eigenvalue weighted by Crippen LogP contribution is -2.49. The predicted octanol–water partition coefficient (Wildman–Crippen LogP) is 0.551. The van der Waals surface area contributed by atoms with Gasteiger partial charge in [0.05, 0.1) is 11.8 Å². The average Bonchev–Trinajstić information content (AvgIpc) is 3.18. The van der Waals surface area contributed by atoms with Crippen LogP contribution < -0.4 is 0 Å². The first-order valence-corrected chi connectivity index (χ1v) is 8.64. The lowest BCUT2D eigenvalue weighted by molar-refractivity contribution is 0.0802. The van der Waals surface area contributed by atoms with Crippen molar-refractivity contribution in [1.82, 2.24) is 34.4 Å².